The zero-order valence-electron chi connectivity index (χ0n) is 32.7. The van der Waals surface area contributed by atoms with Crippen molar-refractivity contribution in [3.8, 4) is 0 Å². The molecule has 0 aliphatic heterocycles. The largest absolute Gasteiger partial charge is 0.472 e. The fourth-order valence-corrected chi connectivity index (χ4v) is 5.76. The Bertz CT molecular complexity index is 1090. The number of phosphoric ester groups is 1. The lowest BCUT2D eigenvalue weighted by molar-refractivity contribution is -0.161. The third-order valence-electron chi connectivity index (χ3n) is 8.07. The third-order valence-corrected chi connectivity index (χ3v) is 9.05. The number of nitrogens with two attached hydrogens (primary N) is 1. The van der Waals surface area contributed by atoms with Crippen LogP contribution in [-0.2, 0) is 32.7 Å². The second-order valence-corrected chi connectivity index (χ2v) is 14.6. The third kappa shape index (κ3) is 36.4. The number of allylic oxidation sites excluding steroid dienone is 7. The highest BCUT2D eigenvalue weighted by atomic mass is 31.2. The average Bonchev–Trinajstić information content (AvgIpc) is 3.13. The van der Waals surface area contributed by atoms with E-state index in [-0.39, 0.29) is 32.6 Å². The summed E-state index contributed by atoms with van der Waals surface area (Å²) in [5.74, 6) is -1.09. The monoisotopic (exact) mass is 769 g/mol. The summed E-state index contributed by atoms with van der Waals surface area (Å²) in [7, 11) is -4.45. The Labute approximate surface area is 320 Å². The van der Waals surface area contributed by atoms with Crippen LogP contribution in [0.2, 0.25) is 0 Å². The van der Waals surface area contributed by atoms with E-state index < -0.39 is 44.7 Å². The molecule has 0 aromatic carbocycles. The van der Waals surface area contributed by atoms with Crippen LogP contribution in [0.25, 0.3) is 0 Å². The van der Waals surface area contributed by atoms with Crippen molar-refractivity contribution >= 4 is 19.8 Å². The number of hydrogen-bond donors (Lipinski definition) is 4. The lowest BCUT2D eigenvalue weighted by atomic mass is 10.1. The summed E-state index contributed by atoms with van der Waals surface area (Å²) in [4.78, 5) is 34.8. The van der Waals surface area contributed by atoms with E-state index in [1.807, 2.05) is 6.08 Å². The van der Waals surface area contributed by atoms with Gasteiger partial charge in [0.2, 0.25) is 0 Å². The number of aliphatic hydroxyl groups is 2. The zero-order valence-corrected chi connectivity index (χ0v) is 33.6. The second kappa shape index (κ2) is 36.6. The molecule has 0 saturated heterocycles. The smallest absolute Gasteiger partial charge is 0.462 e. The van der Waals surface area contributed by atoms with Gasteiger partial charge >= 0.3 is 19.8 Å². The van der Waals surface area contributed by atoms with Crippen molar-refractivity contribution < 1.29 is 47.8 Å². The van der Waals surface area contributed by atoms with Gasteiger partial charge in [-0.1, -0.05) is 126 Å². The highest BCUT2D eigenvalue weighted by Gasteiger charge is 2.26. The van der Waals surface area contributed by atoms with Crippen LogP contribution in [0.1, 0.15) is 142 Å². The Kier molecular flexibility index (Phi) is 35.0. The normalized spacial score (nSPS) is 15.2. The maximum Gasteiger partial charge on any atom is 0.472 e. The first-order valence-electron chi connectivity index (χ1n) is 20.0. The quantitative estimate of drug-likeness (QED) is 0.0158. The Balaban J connectivity index is 4.52. The first-order chi connectivity index (χ1) is 25.6. The van der Waals surface area contributed by atoms with Crippen molar-refractivity contribution in [3.63, 3.8) is 0 Å². The fourth-order valence-electron chi connectivity index (χ4n) is 5.00. The maximum absolute atomic E-state index is 12.6. The molecule has 0 amide bonds. The van der Waals surface area contributed by atoms with Crippen LogP contribution in [0.5, 0.6) is 0 Å². The van der Waals surface area contributed by atoms with Gasteiger partial charge in [0.05, 0.1) is 25.4 Å². The number of unbranched alkanes of at least 4 members (excludes halogenated alkanes) is 12. The van der Waals surface area contributed by atoms with E-state index in [4.69, 9.17) is 24.3 Å². The van der Waals surface area contributed by atoms with Crippen LogP contribution in [0.15, 0.2) is 60.8 Å². The van der Waals surface area contributed by atoms with Crippen LogP contribution in [0, 0.1) is 0 Å². The van der Waals surface area contributed by atoms with E-state index >= 15 is 0 Å². The van der Waals surface area contributed by atoms with Gasteiger partial charge in [0.15, 0.2) is 6.10 Å². The SMILES string of the molecule is CCCCC/C=C\C[C@H](O)/C=C/C=C/C=C\[C@H](O)CCCC(=O)O[C@H](COC(=O)CCCCCCC/C=C\CCCCCC)COP(=O)(O)OCCN. The van der Waals surface area contributed by atoms with Crippen LogP contribution in [-0.4, -0.2) is 71.7 Å². The predicted molar refractivity (Wildman–Crippen MR) is 213 cm³/mol. The number of esters is 2. The molecule has 0 rings (SSSR count). The highest BCUT2D eigenvalue weighted by Crippen LogP contribution is 2.43. The van der Waals surface area contributed by atoms with E-state index in [2.05, 4.69) is 32.1 Å². The Morgan fingerprint density at radius 1 is 0.660 bits per heavy atom. The van der Waals surface area contributed by atoms with Crippen LogP contribution >= 0.6 is 7.82 Å². The molecule has 0 aromatic rings. The number of rotatable bonds is 36. The van der Waals surface area contributed by atoms with Crippen molar-refractivity contribution in [1.82, 2.24) is 0 Å². The molecule has 0 radical (unpaired) electrons. The van der Waals surface area contributed by atoms with Crippen molar-refractivity contribution in [2.75, 3.05) is 26.4 Å². The van der Waals surface area contributed by atoms with Crippen molar-refractivity contribution in [1.29, 1.82) is 0 Å². The molecule has 53 heavy (non-hydrogen) atoms. The minimum Gasteiger partial charge on any atom is -0.462 e. The number of phosphoric acid groups is 1. The number of carbonyl (C=O) groups is 2. The molecule has 0 aliphatic carbocycles. The number of aliphatic hydroxyl groups excluding tert-OH is 2. The summed E-state index contributed by atoms with van der Waals surface area (Å²) in [5.41, 5.74) is 5.32. The van der Waals surface area contributed by atoms with Gasteiger partial charge in [0.25, 0.3) is 0 Å². The van der Waals surface area contributed by atoms with Crippen LogP contribution < -0.4 is 5.73 Å². The highest BCUT2D eigenvalue weighted by molar-refractivity contribution is 7.47. The van der Waals surface area contributed by atoms with Gasteiger partial charge in [-0.25, -0.2) is 4.57 Å². The maximum atomic E-state index is 12.6. The summed E-state index contributed by atoms with van der Waals surface area (Å²) in [6.07, 6.45) is 34.5. The topological polar surface area (TPSA) is 175 Å². The van der Waals surface area contributed by atoms with Crippen LogP contribution in [0.4, 0.5) is 0 Å². The molecular formula is C41H72NO10P. The fraction of sp³-hybridized carbons (Fsp3) is 0.707. The molecule has 0 saturated carbocycles. The molecule has 11 nitrogen and oxygen atoms in total. The summed E-state index contributed by atoms with van der Waals surface area (Å²) in [6, 6.07) is 0. The van der Waals surface area contributed by atoms with E-state index in [1.165, 1.54) is 44.9 Å². The first kappa shape index (κ1) is 50.6. The summed E-state index contributed by atoms with van der Waals surface area (Å²) in [5, 5.41) is 20.3. The molecular weight excluding hydrogens is 697 g/mol. The molecule has 0 aromatic heterocycles. The molecule has 306 valence electrons. The lowest BCUT2D eigenvalue weighted by Gasteiger charge is -2.20. The van der Waals surface area contributed by atoms with Gasteiger partial charge in [-0.15, -0.1) is 0 Å². The lowest BCUT2D eigenvalue weighted by Crippen LogP contribution is -2.29. The second-order valence-electron chi connectivity index (χ2n) is 13.2. The molecule has 0 heterocycles. The van der Waals surface area contributed by atoms with Gasteiger partial charge in [0, 0.05) is 19.4 Å². The van der Waals surface area contributed by atoms with Crippen molar-refractivity contribution in [2.45, 2.75) is 161 Å². The molecule has 0 fully saturated rings. The van der Waals surface area contributed by atoms with Crippen LogP contribution in [0.3, 0.4) is 0 Å². The molecule has 1 unspecified atom stereocenters. The van der Waals surface area contributed by atoms with Gasteiger partial charge in [-0.05, 0) is 64.2 Å². The van der Waals surface area contributed by atoms with Gasteiger partial charge < -0.3 is 30.3 Å². The summed E-state index contributed by atoms with van der Waals surface area (Å²) >= 11 is 0. The average molecular weight is 770 g/mol. The standard InChI is InChI=1S/C41H72NO10P/c1-3-5-7-9-11-12-13-14-15-16-17-19-25-31-40(45)49-35-39(36-51-53(47,48)50-34-33-42)52-41(46)32-26-30-38(44)29-24-21-20-23-28-37(43)27-22-18-10-8-6-4-2/h12-13,18,20-24,28-29,37-39,43-44H,3-11,14-17,19,25-27,30-36,42H2,1-2H3,(H,47,48)/b13-12-,21-20+,22-18-,28-23+,29-24-/t37-,38-,39+/m0/s1. The van der Waals surface area contributed by atoms with Gasteiger partial charge in [-0.2, -0.15) is 0 Å². The van der Waals surface area contributed by atoms with E-state index in [0.29, 0.717) is 25.7 Å². The Hall–Kier alpha value is -2.37. The van der Waals surface area contributed by atoms with Gasteiger partial charge in [-0.3, -0.25) is 18.6 Å². The van der Waals surface area contributed by atoms with Crippen molar-refractivity contribution in [2.24, 2.45) is 5.73 Å². The molecule has 12 heteroatoms. The molecule has 0 bridgehead atoms. The molecule has 4 atom stereocenters. The predicted octanol–water partition coefficient (Wildman–Crippen LogP) is 8.88. The summed E-state index contributed by atoms with van der Waals surface area (Å²) < 4.78 is 32.5. The molecule has 0 aliphatic rings. The molecule has 5 N–H and O–H groups in total. The number of ether oxygens (including phenoxy) is 2. The minimum atomic E-state index is -4.45. The van der Waals surface area contributed by atoms with E-state index in [9.17, 15) is 29.3 Å². The zero-order chi connectivity index (χ0) is 39.3. The number of hydrogen-bond acceptors (Lipinski definition) is 10. The van der Waals surface area contributed by atoms with Crippen molar-refractivity contribution in [3.05, 3.63) is 60.8 Å². The first-order valence-corrected chi connectivity index (χ1v) is 21.5. The Morgan fingerprint density at radius 2 is 1.21 bits per heavy atom. The number of carbonyl (C=O) groups excluding carboxylic acids is 2. The minimum absolute atomic E-state index is 0.00997. The Morgan fingerprint density at radius 3 is 1.87 bits per heavy atom. The summed E-state index contributed by atoms with van der Waals surface area (Å²) in [6.45, 7) is 3.33. The van der Waals surface area contributed by atoms with E-state index in [1.54, 1.807) is 36.5 Å². The van der Waals surface area contributed by atoms with E-state index in [0.717, 1.165) is 44.9 Å². The van der Waals surface area contributed by atoms with Gasteiger partial charge in [0.1, 0.15) is 6.61 Å². The molecule has 0 spiro atoms.